The number of nitrogens with zero attached hydrogens (tertiary/aromatic N) is 1. The Kier molecular flexibility index (Phi) is 6.79. The van der Waals surface area contributed by atoms with Gasteiger partial charge in [-0.05, 0) is 50.2 Å². The number of nitrogens with one attached hydrogen (secondary N) is 1. The normalized spacial score (nSPS) is 17.4. The topological polar surface area (TPSA) is 65.0 Å². The van der Waals surface area contributed by atoms with Crippen molar-refractivity contribution in [2.75, 3.05) is 44.7 Å². The summed E-state index contributed by atoms with van der Waals surface area (Å²) in [6, 6.07) is 7.67. The summed E-state index contributed by atoms with van der Waals surface area (Å²) in [5.74, 6) is 0.861. The lowest BCUT2D eigenvalue weighted by atomic mass is 10.1. The fraction of sp³-hybridized carbons (Fsp3) is 0.625. The van der Waals surface area contributed by atoms with E-state index in [9.17, 15) is 5.11 Å². The molecule has 1 aromatic carbocycles. The van der Waals surface area contributed by atoms with Crippen LogP contribution in [0.3, 0.4) is 0 Å². The van der Waals surface area contributed by atoms with E-state index >= 15 is 0 Å². The maximum absolute atomic E-state index is 9.27. The first-order chi connectivity index (χ1) is 10.3. The number of aliphatic hydroxyl groups is 2. The highest BCUT2D eigenvalue weighted by atomic mass is 16.5. The van der Waals surface area contributed by atoms with Gasteiger partial charge >= 0.3 is 0 Å². The number of hydrogen-bond acceptors (Lipinski definition) is 5. The number of hydrogen-bond donors (Lipinski definition) is 3. The average molecular weight is 294 g/mol. The lowest BCUT2D eigenvalue weighted by Crippen LogP contribution is -2.33. The molecule has 1 aliphatic rings. The highest BCUT2D eigenvalue weighted by molar-refractivity contribution is 5.46. The molecule has 1 atom stereocenters. The summed E-state index contributed by atoms with van der Waals surface area (Å²) in [5.41, 5.74) is 0.908. The average Bonchev–Trinajstić information content (AvgIpc) is 2.55. The molecule has 1 aliphatic heterocycles. The molecule has 0 radical (unpaired) electrons. The van der Waals surface area contributed by atoms with Crippen molar-refractivity contribution < 1.29 is 14.9 Å². The molecule has 0 spiro atoms. The van der Waals surface area contributed by atoms with E-state index in [1.54, 1.807) is 0 Å². The van der Waals surface area contributed by atoms with Crippen LogP contribution >= 0.6 is 0 Å². The summed E-state index contributed by atoms with van der Waals surface area (Å²) in [6.07, 6.45) is 3.24. The molecule has 1 heterocycles. The van der Waals surface area contributed by atoms with Gasteiger partial charge in [0.2, 0.25) is 0 Å². The number of benzene rings is 1. The van der Waals surface area contributed by atoms with Crippen molar-refractivity contribution in [3.8, 4) is 5.75 Å². The second kappa shape index (κ2) is 8.87. The van der Waals surface area contributed by atoms with Crippen molar-refractivity contribution >= 4 is 5.69 Å². The molecule has 21 heavy (non-hydrogen) atoms. The first-order valence-corrected chi connectivity index (χ1v) is 7.76. The molecule has 0 bridgehead atoms. The number of rotatable bonds is 8. The second-order valence-electron chi connectivity index (χ2n) is 5.49. The quantitative estimate of drug-likeness (QED) is 0.675. The van der Waals surface area contributed by atoms with Crippen LogP contribution in [0.25, 0.3) is 0 Å². The predicted octanol–water partition coefficient (Wildman–Crippen LogP) is 1.32. The lowest BCUT2D eigenvalue weighted by molar-refractivity contribution is 0.105. The molecule has 0 aliphatic carbocycles. The smallest absolute Gasteiger partial charge is 0.119 e. The van der Waals surface area contributed by atoms with Gasteiger partial charge < -0.3 is 20.3 Å². The number of ether oxygens (including phenoxy) is 1. The highest BCUT2D eigenvalue weighted by Gasteiger charge is 2.09. The monoisotopic (exact) mass is 294 g/mol. The second-order valence-corrected chi connectivity index (χ2v) is 5.49. The van der Waals surface area contributed by atoms with Crippen LogP contribution in [0.15, 0.2) is 24.3 Å². The molecule has 1 aromatic rings. The number of likely N-dealkylation sites (tertiary alicyclic amines) is 1. The maximum atomic E-state index is 9.27. The van der Waals surface area contributed by atoms with Crippen LogP contribution in [0.5, 0.6) is 5.75 Å². The van der Waals surface area contributed by atoms with E-state index in [0.29, 0.717) is 6.54 Å². The Morgan fingerprint density at radius 3 is 2.52 bits per heavy atom. The van der Waals surface area contributed by atoms with Gasteiger partial charge in [-0.25, -0.2) is 0 Å². The van der Waals surface area contributed by atoms with E-state index < -0.39 is 6.10 Å². The van der Waals surface area contributed by atoms with Crippen LogP contribution in [0.4, 0.5) is 5.69 Å². The summed E-state index contributed by atoms with van der Waals surface area (Å²) in [6.45, 7) is 4.20. The third-order valence-electron chi connectivity index (χ3n) is 3.73. The molecule has 0 saturated carbocycles. The molecular weight excluding hydrogens is 268 g/mol. The van der Waals surface area contributed by atoms with Crippen LogP contribution in [-0.4, -0.2) is 60.6 Å². The van der Waals surface area contributed by atoms with Gasteiger partial charge in [-0.3, -0.25) is 4.90 Å². The molecule has 5 nitrogen and oxygen atoms in total. The molecule has 2 rings (SSSR count). The minimum absolute atomic E-state index is 0.231. The molecule has 1 fully saturated rings. The molecule has 1 saturated heterocycles. The lowest BCUT2D eigenvalue weighted by Gasteiger charge is -2.26. The third-order valence-corrected chi connectivity index (χ3v) is 3.73. The molecular formula is C16H26N2O3. The standard InChI is InChI=1S/C16H26N2O3/c19-13-15(20)12-17-14-4-6-16(7-5-14)21-11-10-18-8-2-1-3-9-18/h4-7,15,17,19-20H,1-3,8-13H2. The minimum Gasteiger partial charge on any atom is -0.492 e. The van der Waals surface area contributed by atoms with Crippen molar-refractivity contribution in [2.24, 2.45) is 0 Å². The minimum atomic E-state index is -0.731. The number of aliphatic hydroxyl groups excluding tert-OH is 2. The van der Waals surface area contributed by atoms with E-state index in [0.717, 1.165) is 24.6 Å². The van der Waals surface area contributed by atoms with Crippen LogP contribution in [0, 0.1) is 0 Å². The van der Waals surface area contributed by atoms with Crippen LogP contribution < -0.4 is 10.1 Å². The molecule has 3 N–H and O–H groups in total. The molecule has 0 aromatic heterocycles. The first-order valence-electron chi connectivity index (χ1n) is 7.76. The Labute approximate surface area is 126 Å². The third kappa shape index (κ3) is 5.91. The summed E-state index contributed by atoms with van der Waals surface area (Å²) in [7, 11) is 0. The van der Waals surface area contributed by atoms with Gasteiger partial charge in [-0.15, -0.1) is 0 Å². The van der Waals surface area contributed by atoms with E-state index in [1.165, 1.54) is 32.4 Å². The van der Waals surface area contributed by atoms with E-state index in [2.05, 4.69) is 10.2 Å². The van der Waals surface area contributed by atoms with Gasteiger partial charge in [0.15, 0.2) is 0 Å². The molecule has 0 amide bonds. The van der Waals surface area contributed by atoms with Crippen LogP contribution in [0.1, 0.15) is 19.3 Å². The van der Waals surface area contributed by atoms with E-state index in [-0.39, 0.29) is 6.61 Å². The van der Waals surface area contributed by atoms with Gasteiger partial charge in [0.05, 0.1) is 12.7 Å². The summed E-state index contributed by atoms with van der Waals surface area (Å²) in [4.78, 5) is 2.45. The Bertz CT molecular complexity index is 391. The Balaban J connectivity index is 1.67. The van der Waals surface area contributed by atoms with Crippen LogP contribution in [-0.2, 0) is 0 Å². The van der Waals surface area contributed by atoms with Gasteiger partial charge in [0.25, 0.3) is 0 Å². The van der Waals surface area contributed by atoms with E-state index in [1.807, 2.05) is 24.3 Å². The predicted molar refractivity (Wildman–Crippen MR) is 83.8 cm³/mol. The summed E-state index contributed by atoms with van der Waals surface area (Å²) in [5, 5.41) is 21.1. The van der Waals surface area contributed by atoms with Crippen molar-refractivity contribution in [3.63, 3.8) is 0 Å². The summed E-state index contributed by atoms with van der Waals surface area (Å²) < 4.78 is 5.75. The first kappa shape index (κ1) is 16.1. The highest BCUT2D eigenvalue weighted by Crippen LogP contribution is 2.16. The van der Waals surface area contributed by atoms with Gasteiger partial charge in [0.1, 0.15) is 12.4 Å². The number of piperidine rings is 1. The van der Waals surface area contributed by atoms with Gasteiger partial charge in [0, 0.05) is 18.8 Å². The van der Waals surface area contributed by atoms with Crippen LogP contribution in [0.2, 0.25) is 0 Å². The van der Waals surface area contributed by atoms with Gasteiger partial charge in [-0.1, -0.05) is 6.42 Å². The fourth-order valence-electron chi connectivity index (χ4n) is 2.44. The zero-order valence-corrected chi connectivity index (χ0v) is 12.5. The number of anilines is 1. The Hall–Kier alpha value is -1.30. The molecule has 1 unspecified atom stereocenters. The maximum Gasteiger partial charge on any atom is 0.119 e. The fourth-order valence-corrected chi connectivity index (χ4v) is 2.44. The SMILES string of the molecule is OCC(O)CNc1ccc(OCCN2CCCCC2)cc1. The van der Waals surface area contributed by atoms with Crippen molar-refractivity contribution in [2.45, 2.75) is 25.4 Å². The van der Waals surface area contributed by atoms with Gasteiger partial charge in [-0.2, -0.15) is 0 Å². The largest absolute Gasteiger partial charge is 0.492 e. The van der Waals surface area contributed by atoms with E-state index in [4.69, 9.17) is 9.84 Å². The molecule has 5 heteroatoms. The summed E-state index contributed by atoms with van der Waals surface area (Å²) >= 11 is 0. The Morgan fingerprint density at radius 1 is 1.14 bits per heavy atom. The molecule has 118 valence electrons. The van der Waals surface area contributed by atoms with Crippen molar-refractivity contribution in [1.29, 1.82) is 0 Å². The zero-order valence-electron chi connectivity index (χ0n) is 12.5. The van der Waals surface area contributed by atoms with Crippen molar-refractivity contribution in [1.82, 2.24) is 4.90 Å². The van der Waals surface area contributed by atoms with Crippen molar-refractivity contribution in [3.05, 3.63) is 24.3 Å². The Morgan fingerprint density at radius 2 is 1.86 bits per heavy atom. The zero-order chi connectivity index (χ0) is 14.9.